The fourth-order valence-electron chi connectivity index (χ4n) is 4.39. The Hall–Kier alpha value is -4.26. The summed E-state index contributed by atoms with van der Waals surface area (Å²) in [6, 6.07) is 23.0. The van der Waals surface area contributed by atoms with Gasteiger partial charge < -0.3 is 19.1 Å². The third-order valence-electron chi connectivity index (χ3n) is 6.17. The van der Waals surface area contributed by atoms with Gasteiger partial charge in [-0.3, -0.25) is 9.89 Å². The molecular weight excluding hydrogens is 430 g/mol. The number of H-pyrrole nitrogens is 1. The molecule has 1 aliphatic heterocycles. The Labute approximate surface area is 197 Å². The normalized spacial score (nSPS) is 14.7. The van der Waals surface area contributed by atoms with Crippen LogP contribution in [-0.2, 0) is 6.54 Å². The number of carbonyl (C=O) groups excluding carboxylic acids is 1. The van der Waals surface area contributed by atoms with Gasteiger partial charge in [-0.05, 0) is 59.7 Å². The van der Waals surface area contributed by atoms with Crippen molar-refractivity contribution in [2.24, 2.45) is 0 Å². The monoisotopic (exact) mass is 455 g/mol. The number of amides is 1. The molecule has 4 aromatic rings. The molecule has 0 saturated carbocycles. The maximum Gasteiger partial charge on any atom is 0.273 e. The molecule has 1 unspecified atom stereocenters. The van der Waals surface area contributed by atoms with E-state index in [4.69, 9.17) is 14.2 Å². The fraction of sp³-hybridized carbons (Fsp3) is 0.185. The van der Waals surface area contributed by atoms with Gasteiger partial charge in [-0.25, -0.2) is 0 Å². The van der Waals surface area contributed by atoms with Crippen LogP contribution in [0, 0.1) is 0 Å². The number of benzene rings is 3. The highest BCUT2D eigenvalue weighted by Gasteiger charge is 2.42. The second-order valence-corrected chi connectivity index (χ2v) is 8.05. The van der Waals surface area contributed by atoms with Gasteiger partial charge in [-0.1, -0.05) is 24.3 Å². The second kappa shape index (κ2) is 8.94. The number of hydrogen-bond acceptors (Lipinski definition) is 5. The number of carbonyl (C=O) groups is 1. The van der Waals surface area contributed by atoms with E-state index < -0.39 is 0 Å². The minimum absolute atomic E-state index is 0.0844. The molecule has 0 spiro atoms. The van der Waals surface area contributed by atoms with E-state index in [1.54, 1.807) is 21.3 Å². The molecule has 0 aliphatic carbocycles. The summed E-state index contributed by atoms with van der Waals surface area (Å²) in [4.78, 5) is 15.4. The van der Waals surface area contributed by atoms with E-state index in [-0.39, 0.29) is 11.9 Å². The standard InChI is InChI=1S/C27H25N3O4/c1-32-20-10-4-17(5-11-20)16-30-26(19-8-14-22(34-3)15-9-19)23-24(28-29-25(23)27(30)31)18-6-12-21(33-2)13-7-18/h4-15,26H,16H2,1-3H3,(H,28,29). The number of aromatic amines is 1. The highest BCUT2D eigenvalue weighted by Crippen LogP contribution is 2.44. The Morgan fingerprint density at radius 1 is 0.794 bits per heavy atom. The average Bonchev–Trinajstić information content (AvgIpc) is 3.43. The van der Waals surface area contributed by atoms with Crippen LogP contribution in [0.25, 0.3) is 11.3 Å². The Morgan fingerprint density at radius 3 is 1.88 bits per heavy atom. The van der Waals surface area contributed by atoms with E-state index in [1.807, 2.05) is 77.7 Å². The fourth-order valence-corrected chi connectivity index (χ4v) is 4.39. The molecule has 7 nitrogen and oxygen atoms in total. The highest BCUT2D eigenvalue weighted by atomic mass is 16.5. The quantitative estimate of drug-likeness (QED) is 0.431. The molecule has 0 bridgehead atoms. The third-order valence-corrected chi connectivity index (χ3v) is 6.17. The van der Waals surface area contributed by atoms with Crippen molar-refractivity contribution in [2.75, 3.05) is 21.3 Å². The molecule has 1 atom stereocenters. The minimum Gasteiger partial charge on any atom is -0.497 e. The first-order chi connectivity index (χ1) is 16.6. The second-order valence-electron chi connectivity index (χ2n) is 8.05. The molecule has 5 rings (SSSR count). The zero-order valence-corrected chi connectivity index (χ0v) is 19.2. The summed E-state index contributed by atoms with van der Waals surface area (Å²) < 4.78 is 15.9. The van der Waals surface area contributed by atoms with Crippen LogP contribution in [0.5, 0.6) is 17.2 Å². The first-order valence-electron chi connectivity index (χ1n) is 10.9. The molecular formula is C27H25N3O4. The topological polar surface area (TPSA) is 76.7 Å². The maximum atomic E-state index is 13.6. The minimum atomic E-state index is -0.300. The van der Waals surface area contributed by atoms with Crippen molar-refractivity contribution in [3.8, 4) is 28.5 Å². The number of ether oxygens (including phenoxy) is 3. The summed E-state index contributed by atoms with van der Waals surface area (Å²) in [6.07, 6.45) is 0. The van der Waals surface area contributed by atoms with E-state index in [9.17, 15) is 4.79 Å². The first-order valence-corrected chi connectivity index (χ1v) is 10.9. The van der Waals surface area contributed by atoms with Crippen LogP contribution in [0.3, 0.4) is 0 Å². The molecule has 34 heavy (non-hydrogen) atoms. The molecule has 2 heterocycles. The van der Waals surface area contributed by atoms with Crippen molar-refractivity contribution in [3.63, 3.8) is 0 Å². The van der Waals surface area contributed by atoms with Gasteiger partial charge in [0, 0.05) is 17.7 Å². The number of hydrogen-bond donors (Lipinski definition) is 1. The zero-order valence-electron chi connectivity index (χ0n) is 19.2. The van der Waals surface area contributed by atoms with Crippen molar-refractivity contribution >= 4 is 5.91 Å². The van der Waals surface area contributed by atoms with Crippen LogP contribution in [0.1, 0.15) is 33.2 Å². The summed E-state index contributed by atoms with van der Waals surface area (Å²) >= 11 is 0. The lowest BCUT2D eigenvalue weighted by Gasteiger charge is -2.26. The number of nitrogens with zero attached hydrogens (tertiary/aromatic N) is 2. The molecule has 0 fully saturated rings. The first kappa shape index (κ1) is 21.6. The van der Waals surface area contributed by atoms with Gasteiger partial charge >= 0.3 is 0 Å². The summed E-state index contributed by atoms with van der Waals surface area (Å²) in [5, 5.41) is 7.54. The van der Waals surface area contributed by atoms with E-state index in [0.717, 1.165) is 45.2 Å². The van der Waals surface area contributed by atoms with Gasteiger partial charge in [-0.15, -0.1) is 0 Å². The van der Waals surface area contributed by atoms with E-state index >= 15 is 0 Å². The molecule has 1 amide bonds. The van der Waals surface area contributed by atoms with Crippen LogP contribution in [-0.4, -0.2) is 42.3 Å². The predicted molar refractivity (Wildman–Crippen MR) is 128 cm³/mol. The lowest BCUT2D eigenvalue weighted by molar-refractivity contribution is 0.0730. The predicted octanol–water partition coefficient (Wildman–Crippen LogP) is 4.85. The molecule has 1 aliphatic rings. The molecule has 0 saturated heterocycles. The van der Waals surface area contributed by atoms with Crippen LogP contribution in [0.2, 0.25) is 0 Å². The Balaban J connectivity index is 1.59. The number of methoxy groups -OCH3 is 3. The maximum absolute atomic E-state index is 13.6. The third kappa shape index (κ3) is 3.75. The molecule has 3 aromatic carbocycles. The van der Waals surface area contributed by atoms with E-state index in [0.29, 0.717) is 12.2 Å². The SMILES string of the molecule is COc1ccc(CN2C(=O)c3[nH]nc(-c4ccc(OC)cc4)c3C2c2ccc(OC)cc2)cc1. The summed E-state index contributed by atoms with van der Waals surface area (Å²) in [5.41, 5.74) is 5.04. The largest absolute Gasteiger partial charge is 0.497 e. The Bertz CT molecular complexity index is 1300. The molecule has 172 valence electrons. The van der Waals surface area contributed by atoms with Crippen LogP contribution in [0.15, 0.2) is 72.8 Å². The van der Waals surface area contributed by atoms with Gasteiger partial charge in [0.1, 0.15) is 22.9 Å². The van der Waals surface area contributed by atoms with Crippen LogP contribution in [0.4, 0.5) is 0 Å². The van der Waals surface area contributed by atoms with E-state index in [2.05, 4.69) is 10.2 Å². The lowest BCUT2D eigenvalue weighted by atomic mass is 9.95. The van der Waals surface area contributed by atoms with Gasteiger partial charge in [0.2, 0.25) is 0 Å². The van der Waals surface area contributed by atoms with Gasteiger partial charge in [-0.2, -0.15) is 5.10 Å². The molecule has 0 radical (unpaired) electrons. The van der Waals surface area contributed by atoms with Gasteiger partial charge in [0.25, 0.3) is 5.91 Å². The van der Waals surface area contributed by atoms with E-state index in [1.165, 1.54) is 0 Å². The smallest absolute Gasteiger partial charge is 0.273 e. The lowest BCUT2D eigenvalue weighted by Crippen LogP contribution is -2.29. The number of rotatable bonds is 7. The Kier molecular flexibility index (Phi) is 5.67. The van der Waals surface area contributed by atoms with Gasteiger partial charge in [0.05, 0.1) is 33.1 Å². The van der Waals surface area contributed by atoms with Crippen LogP contribution < -0.4 is 14.2 Å². The van der Waals surface area contributed by atoms with Gasteiger partial charge in [0.15, 0.2) is 0 Å². The molecule has 1 N–H and O–H groups in total. The summed E-state index contributed by atoms with van der Waals surface area (Å²) in [5.74, 6) is 2.22. The summed E-state index contributed by atoms with van der Waals surface area (Å²) in [7, 11) is 4.91. The number of nitrogens with one attached hydrogen (secondary N) is 1. The van der Waals surface area contributed by atoms with Crippen LogP contribution >= 0.6 is 0 Å². The molecule has 7 heteroatoms. The van der Waals surface area contributed by atoms with Crippen molar-refractivity contribution in [3.05, 3.63) is 95.2 Å². The zero-order chi connectivity index (χ0) is 23.7. The van der Waals surface area contributed by atoms with Crippen molar-refractivity contribution in [1.29, 1.82) is 0 Å². The average molecular weight is 456 g/mol. The van der Waals surface area contributed by atoms with Crippen molar-refractivity contribution < 1.29 is 19.0 Å². The highest BCUT2D eigenvalue weighted by molar-refractivity contribution is 6.00. The number of fused-ring (bicyclic) bond motifs is 1. The number of aromatic nitrogens is 2. The van der Waals surface area contributed by atoms with Crippen molar-refractivity contribution in [2.45, 2.75) is 12.6 Å². The molecule has 1 aromatic heterocycles. The van der Waals surface area contributed by atoms with Crippen molar-refractivity contribution in [1.82, 2.24) is 15.1 Å². The summed E-state index contributed by atoms with van der Waals surface area (Å²) in [6.45, 7) is 0.449. The Morgan fingerprint density at radius 2 is 1.32 bits per heavy atom.